The number of benzene rings is 2. The molecule has 2 aromatic rings. The zero-order chi connectivity index (χ0) is 21.2. The molecular weight excluding hydrogens is 356 g/mol. The highest BCUT2D eigenvalue weighted by atomic mass is 16.5. The molecule has 0 spiro atoms. The van der Waals surface area contributed by atoms with Gasteiger partial charge < -0.3 is 15.4 Å². The van der Waals surface area contributed by atoms with Gasteiger partial charge in [-0.15, -0.1) is 0 Å². The van der Waals surface area contributed by atoms with Crippen molar-refractivity contribution in [3.05, 3.63) is 58.7 Å². The van der Waals surface area contributed by atoms with Crippen molar-refractivity contribution < 1.29 is 4.74 Å². The lowest BCUT2D eigenvalue weighted by Crippen LogP contribution is -2.33. The van der Waals surface area contributed by atoms with Gasteiger partial charge in [0.25, 0.3) is 0 Å². The highest BCUT2D eigenvalue weighted by molar-refractivity contribution is 5.59. The van der Waals surface area contributed by atoms with Gasteiger partial charge in [-0.1, -0.05) is 77.9 Å². The van der Waals surface area contributed by atoms with Gasteiger partial charge >= 0.3 is 0 Å². The van der Waals surface area contributed by atoms with Crippen LogP contribution in [0.2, 0.25) is 0 Å². The van der Waals surface area contributed by atoms with E-state index in [2.05, 4.69) is 88.6 Å². The second kappa shape index (κ2) is 11.9. The Morgan fingerprint density at radius 1 is 0.586 bits per heavy atom. The van der Waals surface area contributed by atoms with Crippen LogP contribution in [0.1, 0.15) is 76.6 Å². The van der Waals surface area contributed by atoms with Gasteiger partial charge in [0.1, 0.15) is 12.5 Å². The average molecular weight is 397 g/mol. The maximum absolute atomic E-state index is 6.53. The van der Waals surface area contributed by atoms with Crippen LogP contribution in [-0.2, 0) is 30.4 Å². The number of hydrogen-bond acceptors (Lipinski definition) is 3. The molecule has 0 aliphatic heterocycles. The van der Waals surface area contributed by atoms with Gasteiger partial charge in [0.15, 0.2) is 0 Å². The molecule has 2 N–H and O–H groups in total. The zero-order valence-corrected chi connectivity index (χ0v) is 19.3. The molecule has 3 nitrogen and oxygen atoms in total. The summed E-state index contributed by atoms with van der Waals surface area (Å²) in [5.74, 6) is 0. The summed E-state index contributed by atoms with van der Waals surface area (Å²) in [6.45, 7) is 13.2. The van der Waals surface area contributed by atoms with Crippen LogP contribution in [0.15, 0.2) is 36.4 Å². The third-order valence-corrected chi connectivity index (χ3v) is 5.68. The summed E-state index contributed by atoms with van der Waals surface area (Å²) >= 11 is 0. The highest BCUT2D eigenvalue weighted by Gasteiger charge is 2.18. The van der Waals surface area contributed by atoms with Gasteiger partial charge in [-0.3, -0.25) is 0 Å². The van der Waals surface area contributed by atoms with E-state index in [1.54, 1.807) is 0 Å². The van der Waals surface area contributed by atoms with Crippen molar-refractivity contribution in [2.24, 2.45) is 0 Å². The lowest BCUT2D eigenvalue weighted by atomic mass is 10.0. The van der Waals surface area contributed by atoms with E-state index in [1.807, 2.05) is 0 Å². The molecule has 2 rings (SSSR count). The molecule has 0 saturated heterocycles. The van der Waals surface area contributed by atoms with E-state index >= 15 is 0 Å². The quantitative estimate of drug-likeness (QED) is 0.381. The number of anilines is 2. The number of hydrogen-bond donors (Lipinski definition) is 2. The first-order chi connectivity index (χ1) is 14.1. The van der Waals surface area contributed by atoms with Crippen molar-refractivity contribution in [3.8, 4) is 0 Å². The van der Waals surface area contributed by atoms with Crippen molar-refractivity contribution in [1.29, 1.82) is 0 Å². The van der Waals surface area contributed by atoms with Gasteiger partial charge in [-0.05, 0) is 60.8 Å². The third-order valence-electron chi connectivity index (χ3n) is 5.68. The summed E-state index contributed by atoms with van der Waals surface area (Å²) < 4.78 is 6.53. The molecule has 3 heteroatoms. The van der Waals surface area contributed by atoms with Crippen LogP contribution in [-0.4, -0.2) is 12.5 Å². The monoisotopic (exact) mass is 396 g/mol. The number of ether oxygens (including phenoxy) is 1. The Kier molecular flexibility index (Phi) is 9.53. The van der Waals surface area contributed by atoms with Crippen LogP contribution < -0.4 is 10.6 Å². The first-order valence-electron chi connectivity index (χ1n) is 11.5. The smallest absolute Gasteiger partial charge is 0.130 e. The fourth-order valence-corrected chi connectivity index (χ4v) is 3.84. The van der Waals surface area contributed by atoms with Crippen molar-refractivity contribution >= 4 is 11.4 Å². The van der Waals surface area contributed by atoms with Crippen LogP contribution in [0, 0.1) is 0 Å². The number of nitrogens with one attached hydrogen (secondary N) is 2. The van der Waals surface area contributed by atoms with E-state index in [0.29, 0.717) is 0 Å². The summed E-state index contributed by atoms with van der Waals surface area (Å²) in [5.41, 5.74) is 7.94. The first-order valence-corrected chi connectivity index (χ1v) is 11.5. The number of aryl methyl sites for hydroxylation is 4. The minimum atomic E-state index is -0.0238. The molecular formula is C26H40N2O. The van der Waals surface area contributed by atoms with Crippen molar-refractivity contribution in [2.75, 3.05) is 10.6 Å². The summed E-state index contributed by atoms with van der Waals surface area (Å²) in [5, 5.41) is 7.43. The minimum Gasteiger partial charge on any atom is -0.360 e. The Balaban J connectivity index is 2.20. The molecule has 29 heavy (non-hydrogen) atoms. The molecule has 2 aromatic carbocycles. The topological polar surface area (TPSA) is 33.3 Å². The molecule has 0 aliphatic carbocycles. The summed E-state index contributed by atoms with van der Waals surface area (Å²) in [4.78, 5) is 0. The van der Waals surface area contributed by atoms with E-state index in [9.17, 15) is 0 Å². The number of rotatable bonds is 12. The third kappa shape index (κ3) is 5.99. The second-order valence-corrected chi connectivity index (χ2v) is 7.54. The minimum absolute atomic E-state index is 0.0238. The van der Waals surface area contributed by atoms with E-state index in [0.717, 1.165) is 38.5 Å². The Bertz CT molecular complexity index is 648. The molecule has 0 aromatic heterocycles. The number of para-hydroxylation sites is 2. The SMILES string of the molecule is CCc1cccc(CC)c1NC(CC)OC(CC)Nc1c(CC)cccc1CC. The molecule has 0 bridgehead atoms. The van der Waals surface area contributed by atoms with Crippen LogP contribution in [0.25, 0.3) is 0 Å². The Hall–Kier alpha value is -2.00. The van der Waals surface area contributed by atoms with Crippen LogP contribution in [0.4, 0.5) is 11.4 Å². The maximum Gasteiger partial charge on any atom is 0.130 e. The molecule has 0 aliphatic rings. The van der Waals surface area contributed by atoms with E-state index in [1.165, 1.54) is 33.6 Å². The fraction of sp³-hybridized carbons (Fsp3) is 0.538. The lowest BCUT2D eigenvalue weighted by molar-refractivity contribution is 0.0153. The van der Waals surface area contributed by atoms with Gasteiger partial charge in [-0.2, -0.15) is 0 Å². The molecule has 0 heterocycles. The molecule has 2 atom stereocenters. The normalized spacial score (nSPS) is 13.2. The highest BCUT2D eigenvalue weighted by Crippen LogP contribution is 2.27. The molecule has 160 valence electrons. The molecule has 0 amide bonds. The van der Waals surface area contributed by atoms with Crippen LogP contribution in [0.3, 0.4) is 0 Å². The maximum atomic E-state index is 6.53. The van der Waals surface area contributed by atoms with Gasteiger partial charge in [-0.25, -0.2) is 0 Å². The molecule has 0 radical (unpaired) electrons. The summed E-state index contributed by atoms with van der Waals surface area (Å²) in [6.07, 6.45) is 5.86. The summed E-state index contributed by atoms with van der Waals surface area (Å²) in [6, 6.07) is 13.2. The Labute approximate surface area is 178 Å². The first kappa shape index (κ1) is 23.3. The lowest BCUT2D eigenvalue weighted by Gasteiger charge is -2.29. The zero-order valence-electron chi connectivity index (χ0n) is 19.3. The predicted molar refractivity (Wildman–Crippen MR) is 127 cm³/mol. The van der Waals surface area contributed by atoms with Gasteiger partial charge in [0, 0.05) is 11.4 Å². The molecule has 2 unspecified atom stereocenters. The molecule has 0 fully saturated rings. The van der Waals surface area contributed by atoms with Crippen LogP contribution in [0.5, 0.6) is 0 Å². The molecule has 0 saturated carbocycles. The second-order valence-electron chi connectivity index (χ2n) is 7.54. The van der Waals surface area contributed by atoms with Crippen molar-refractivity contribution in [2.45, 2.75) is 92.5 Å². The largest absolute Gasteiger partial charge is 0.360 e. The van der Waals surface area contributed by atoms with Gasteiger partial charge in [0.05, 0.1) is 0 Å². The average Bonchev–Trinajstić information content (AvgIpc) is 2.77. The standard InChI is InChI=1S/C26H40N2O/c1-7-19-15-13-16-20(8-2)25(19)27-23(11-5)29-24(12-6)28-26-21(9-3)17-14-18-22(26)10-4/h13-18,23-24,27-28H,7-12H2,1-6H3. The fourth-order valence-electron chi connectivity index (χ4n) is 3.84. The summed E-state index contributed by atoms with van der Waals surface area (Å²) in [7, 11) is 0. The predicted octanol–water partition coefficient (Wildman–Crippen LogP) is 6.95. The van der Waals surface area contributed by atoms with E-state index in [4.69, 9.17) is 4.74 Å². The Morgan fingerprint density at radius 3 is 1.14 bits per heavy atom. The van der Waals surface area contributed by atoms with Crippen molar-refractivity contribution in [1.82, 2.24) is 0 Å². The van der Waals surface area contributed by atoms with Crippen LogP contribution >= 0.6 is 0 Å². The van der Waals surface area contributed by atoms with Crippen molar-refractivity contribution in [3.63, 3.8) is 0 Å². The van der Waals surface area contributed by atoms with E-state index in [-0.39, 0.29) is 12.5 Å². The van der Waals surface area contributed by atoms with E-state index < -0.39 is 0 Å². The Morgan fingerprint density at radius 2 is 0.897 bits per heavy atom. The van der Waals surface area contributed by atoms with Gasteiger partial charge in [0.2, 0.25) is 0 Å².